The topological polar surface area (TPSA) is 88.2 Å². The largest absolute Gasteiger partial charge is 0.409 e. The number of amides is 1. The van der Waals surface area contributed by atoms with Crippen molar-refractivity contribution in [3.8, 4) is 0 Å². The fourth-order valence-corrected chi connectivity index (χ4v) is 1.56. The van der Waals surface area contributed by atoms with Crippen LogP contribution in [0.3, 0.4) is 0 Å². The van der Waals surface area contributed by atoms with Gasteiger partial charge in [-0.05, 0) is 5.56 Å². The first-order valence-corrected chi connectivity index (χ1v) is 5.39. The van der Waals surface area contributed by atoms with Crippen molar-refractivity contribution in [1.82, 2.24) is 4.90 Å². The van der Waals surface area contributed by atoms with Gasteiger partial charge >= 0.3 is 0 Å². The lowest BCUT2D eigenvalue weighted by molar-refractivity contribution is -0.140. The fourth-order valence-electron chi connectivity index (χ4n) is 1.56. The van der Waals surface area contributed by atoms with Crippen LogP contribution in [0, 0.1) is 0 Å². The minimum absolute atomic E-state index is 0.0336. The Morgan fingerprint density at radius 3 is 2.61 bits per heavy atom. The molecule has 1 rings (SSSR count). The van der Waals surface area contributed by atoms with Crippen molar-refractivity contribution >= 4 is 11.7 Å². The van der Waals surface area contributed by atoms with Crippen LogP contribution in [0.15, 0.2) is 35.5 Å². The SMILES string of the molecule is COC(C(=O)N(C)CC(N)=NO)c1ccccc1. The van der Waals surface area contributed by atoms with E-state index in [1.165, 1.54) is 12.0 Å². The molecule has 0 aliphatic heterocycles. The van der Waals surface area contributed by atoms with Crippen LogP contribution in [0.2, 0.25) is 0 Å². The van der Waals surface area contributed by atoms with E-state index in [9.17, 15) is 4.79 Å². The quantitative estimate of drug-likeness (QED) is 0.347. The minimum atomic E-state index is -0.692. The van der Waals surface area contributed by atoms with Gasteiger partial charge in [0.15, 0.2) is 11.9 Å². The van der Waals surface area contributed by atoms with E-state index >= 15 is 0 Å². The zero-order valence-corrected chi connectivity index (χ0v) is 10.4. The molecular formula is C12H17N3O3. The van der Waals surface area contributed by atoms with Crippen molar-refractivity contribution in [2.75, 3.05) is 20.7 Å². The van der Waals surface area contributed by atoms with Gasteiger partial charge in [-0.3, -0.25) is 4.79 Å². The third-order valence-electron chi connectivity index (χ3n) is 2.47. The van der Waals surface area contributed by atoms with E-state index in [1.807, 2.05) is 30.3 Å². The summed E-state index contributed by atoms with van der Waals surface area (Å²) in [6, 6.07) is 9.14. The van der Waals surface area contributed by atoms with Gasteiger partial charge in [0.1, 0.15) is 0 Å². The van der Waals surface area contributed by atoms with E-state index < -0.39 is 6.10 Å². The molecule has 0 saturated carbocycles. The number of amidine groups is 1. The van der Waals surface area contributed by atoms with Gasteiger partial charge in [0.2, 0.25) is 0 Å². The summed E-state index contributed by atoms with van der Waals surface area (Å²) in [5.74, 6) is -0.288. The van der Waals surface area contributed by atoms with Gasteiger partial charge in [0, 0.05) is 14.2 Å². The Hall–Kier alpha value is -2.08. The molecule has 0 fully saturated rings. The normalized spacial score (nSPS) is 13.1. The Labute approximate surface area is 106 Å². The molecule has 6 nitrogen and oxygen atoms in total. The summed E-state index contributed by atoms with van der Waals surface area (Å²) in [5.41, 5.74) is 6.12. The summed E-state index contributed by atoms with van der Waals surface area (Å²) in [6.07, 6.45) is -0.692. The van der Waals surface area contributed by atoms with Crippen LogP contribution in [0.4, 0.5) is 0 Å². The molecule has 1 amide bonds. The minimum Gasteiger partial charge on any atom is -0.409 e. The van der Waals surface area contributed by atoms with E-state index in [4.69, 9.17) is 15.7 Å². The second-order valence-electron chi connectivity index (χ2n) is 3.81. The highest BCUT2D eigenvalue weighted by atomic mass is 16.5. The fraction of sp³-hybridized carbons (Fsp3) is 0.333. The van der Waals surface area contributed by atoms with Crippen LogP contribution < -0.4 is 5.73 Å². The maximum absolute atomic E-state index is 12.1. The van der Waals surface area contributed by atoms with Crippen molar-refractivity contribution in [2.24, 2.45) is 10.9 Å². The first-order chi connectivity index (χ1) is 8.60. The van der Waals surface area contributed by atoms with Crippen LogP contribution in [0.25, 0.3) is 0 Å². The maximum atomic E-state index is 12.1. The smallest absolute Gasteiger partial charge is 0.256 e. The molecule has 0 heterocycles. The predicted octanol–water partition coefficient (Wildman–Crippen LogP) is 0.579. The number of nitrogens with zero attached hydrogens (tertiary/aromatic N) is 2. The number of carbonyl (C=O) groups is 1. The Bertz CT molecular complexity index is 420. The Kier molecular flexibility index (Phi) is 5.13. The Morgan fingerprint density at radius 2 is 2.11 bits per heavy atom. The van der Waals surface area contributed by atoms with Gasteiger partial charge in [-0.15, -0.1) is 0 Å². The summed E-state index contributed by atoms with van der Waals surface area (Å²) in [6.45, 7) is 0.0437. The lowest BCUT2D eigenvalue weighted by Gasteiger charge is -2.22. The molecule has 1 atom stereocenters. The number of hydrogen-bond donors (Lipinski definition) is 2. The van der Waals surface area contributed by atoms with Gasteiger partial charge in [-0.25, -0.2) is 0 Å². The van der Waals surface area contributed by atoms with Crippen LogP contribution in [-0.2, 0) is 9.53 Å². The number of ether oxygens (including phenoxy) is 1. The summed E-state index contributed by atoms with van der Waals surface area (Å²) in [7, 11) is 3.03. The van der Waals surface area contributed by atoms with Gasteiger partial charge in [0.05, 0.1) is 6.54 Å². The van der Waals surface area contributed by atoms with Crippen LogP contribution >= 0.6 is 0 Å². The average molecular weight is 251 g/mol. The third-order valence-corrected chi connectivity index (χ3v) is 2.47. The summed E-state index contributed by atoms with van der Waals surface area (Å²) >= 11 is 0. The van der Waals surface area contributed by atoms with Crippen LogP contribution in [0.5, 0.6) is 0 Å². The summed E-state index contributed by atoms with van der Waals surface area (Å²) < 4.78 is 5.20. The molecule has 0 aliphatic carbocycles. The number of carbonyl (C=O) groups excluding carboxylic acids is 1. The predicted molar refractivity (Wildman–Crippen MR) is 67.2 cm³/mol. The molecule has 1 aromatic rings. The lowest BCUT2D eigenvalue weighted by atomic mass is 10.1. The molecule has 0 radical (unpaired) electrons. The van der Waals surface area contributed by atoms with E-state index in [2.05, 4.69) is 5.16 Å². The first kappa shape index (κ1) is 14.0. The number of likely N-dealkylation sites (N-methyl/N-ethyl adjacent to an activating group) is 1. The highest BCUT2D eigenvalue weighted by Crippen LogP contribution is 2.18. The van der Waals surface area contributed by atoms with Crippen molar-refractivity contribution in [3.05, 3.63) is 35.9 Å². The van der Waals surface area contributed by atoms with Gasteiger partial charge in [0.25, 0.3) is 5.91 Å². The average Bonchev–Trinajstić information content (AvgIpc) is 2.40. The van der Waals surface area contributed by atoms with E-state index in [-0.39, 0.29) is 18.3 Å². The highest BCUT2D eigenvalue weighted by Gasteiger charge is 2.23. The number of oxime groups is 1. The monoisotopic (exact) mass is 251 g/mol. The molecule has 0 saturated heterocycles. The van der Waals surface area contributed by atoms with Gasteiger partial charge < -0.3 is 20.6 Å². The zero-order chi connectivity index (χ0) is 13.5. The van der Waals surface area contributed by atoms with E-state index in [1.54, 1.807) is 7.05 Å². The molecule has 1 unspecified atom stereocenters. The third kappa shape index (κ3) is 3.46. The van der Waals surface area contributed by atoms with Crippen molar-refractivity contribution < 1.29 is 14.7 Å². The number of methoxy groups -OCH3 is 1. The molecule has 0 aliphatic rings. The van der Waals surface area contributed by atoms with Crippen molar-refractivity contribution in [2.45, 2.75) is 6.10 Å². The molecule has 0 bridgehead atoms. The molecule has 6 heteroatoms. The van der Waals surface area contributed by atoms with Crippen molar-refractivity contribution in [3.63, 3.8) is 0 Å². The molecular weight excluding hydrogens is 234 g/mol. The van der Waals surface area contributed by atoms with Crippen LogP contribution in [-0.4, -0.2) is 42.6 Å². The van der Waals surface area contributed by atoms with Gasteiger partial charge in [-0.2, -0.15) is 0 Å². The van der Waals surface area contributed by atoms with E-state index in [0.29, 0.717) is 0 Å². The second-order valence-corrected chi connectivity index (χ2v) is 3.81. The van der Waals surface area contributed by atoms with Crippen LogP contribution in [0.1, 0.15) is 11.7 Å². The number of benzene rings is 1. The standard InChI is InChI=1S/C12H17N3O3/c1-15(8-10(13)14-17)12(16)11(18-2)9-6-4-3-5-7-9/h3-7,11,17H,8H2,1-2H3,(H2,13,14). The number of hydrogen-bond acceptors (Lipinski definition) is 4. The lowest BCUT2D eigenvalue weighted by Crippen LogP contribution is -2.38. The van der Waals surface area contributed by atoms with E-state index in [0.717, 1.165) is 5.56 Å². The highest BCUT2D eigenvalue weighted by molar-refractivity contribution is 5.89. The Morgan fingerprint density at radius 1 is 1.50 bits per heavy atom. The molecule has 3 N–H and O–H groups in total. The summed E-state index contributed by atoms with van der Waals surface area (Å²) in [5, 5.41) is 11.3. The second kappa shape index (κ2) is 6.61. The Balaban J connectivity index is 2.80. The maximum Gasteiger partial charge on any atom is 0.256 e. The first-order valence-electron chi connectivity index (χ1n) is 5.39. The summed E-state index contributed by atoms with van der Waals surface area (Å²) in [4.78, 5) is 13.5. The number of nitrogens with two attached hydrogens (primary N) is 1. The zero-order valence-electron chi connectivity index (χ0n) is 10.4. The molecule has 0 spiro atoms. The molecule has 98 valence electrons. The molecule has 18 heavy (non-hydrogen) atoms. The van der Waals surface area contributed by atoms with Gasteiger partial charge in [-0.1, -0.05) is 35.5 Å². The van der Waals surface area contributed by atoms with Crippen molar-refractivity contribution in [1.29, 1.82) is 0 Å². The number of rotatable bonds is 5. The molecule has 1 aromatic carbocycles. The molecule has 0 aromatic heterocycles.